The number of fused-ring (bicyclic) bond motifs is 3. The Labute approximate surface area is 242 Å². The van der Waals surface area contributed by atoms with Crippen LogP contribution >= 0.6 is 0 Å². The van der Waals surface area contributed by atoms with E-state index in [1.165, 1.54) is 25.3 Å². The van der Waals surface area contributed by atoms with Crippen molar-refractivity contribution in [2.75, 3.05) is 34.9 Å². The smallest absolute Gasteiger partial charge is 0.202 e. The molecule has 1 saturated heterocycles. The summed E-state index contributed by atoms with van der Waals surface area (Å²) in [6.45, 7) is 0.672. The monoisotopic (exact) mass is 586 g/mol. The van der Waals surface area contributed by atoms with Crippen LogP contribution in [-0.2, 0) is 20.7 Å². The molecule has 0 saturated carbocycles. The normalized spacial score (nSPS) is 29.0. The number of ketones is 3. The molecule has 0 radical (unpaired) electrons. The van der Waals surface area contributed by atoms with Crippen LogP contribution in [-0.4, -0.2) is 112 Å². The Bertz CT molecular complexity index is 1480. The number of likely N-dealkylation sites (N-methyl/N-ethyl adjacent to an activating group) is 1. The van der Waals surface area contributed by atoms with Crippen LogP contribution in [0.1, 0.15) is 68.8 Å². The Kier molecular flexibility index (Phi) is 7.45. The van der Waals surface area contributed by atoms with E-state index in [0.717, 1.165) is 0 Å². The third kappa shape index (κ3) is 4.59. The number of hydrogen-bond donors (Lipinski definition) is 5. The van der Waals surface area contributed by atoms with Gasteiger partial charge in [0.1, 0.15) is 41.6 Å². The van der Waals surface area contributed by atoms with Crippen molar-refractivity contribution in [3.8, 4) is 17.2 Å². The van der Waals surface area contributed by atoms with E-state index in [4.69, 9.17) is 14.2 Å². The van der Waals surface area contributed by atoms with Crippen LogP contribution in [0, 0.1) is 0 Å². The predicted molar refractivity (Wildman–Crippen MR) is 146 cm³/mol. The number of ether oxygens (including phenoxy) is 3. The molecule has 6 atom stereocenters. The first-order valence-electron chi connectivity index (χ1n) is 13.7. The molecule has 1 fully saturated rings. The predicted octanol–water partition coefficient (Wildman–Crippen LogP) is 0.749. The number of benzene rings is 2. The minimum atomic E-state index is -2.23. The maximum Gasteiger partial charge on any atom is 0.202 e. The number of Topliss-reactive ketones (excluding diaryl/α,β-unsaturated/α-hetero) is 1. The van der Waals surface area contributed by atoms with Crippen LogP contribution in [0.2, 0.25) is 0 Å². The Balaban J connectivity index is 1.67. The van der Waals surface area contributed by atoms with Crippen molar-refractivity contribution in [3.05, 3.63) is 51.6 Å². The van der Waals surface area contributed by atoms with E-state index in [1.807, 2.05) is 21.1 Å². The highest BCUT2D eigenvalue weighted by Gasteiger charge is 2.51. The van der Waals surface area contributed by atoms with Crippen molar-refractivity contribution >= 4 is 17.3 Å². The van der Waals surface area contributed by atoms with Crippen molar-refractivity contribution in [1.29, 1.82) is 0 Å². The van der Waals surface area contributed by atoms with E-state index >= 15 is 0 Å². The SMILES string of the molecule is COc1cccc2c1C(=O)c1c(O)c3c(c(O)c1C2=O)C[C@@](O)(C(=O)CO)C[C@@H]3OC1CC([N+](C)(C)C)C(O)C(C)O1. The van der Waals surface area contributed by atoms with Gasteiger partial charge in [0, 0.05) is 29.5 Å². The molecule has 42 heavy (non-hydrogen) atoms. The van der Waals surface area contributed by atoms with Crippen LogP contribution in [0.25, 0.3) is 0 Å². The first kappa shape index (κ1) is 30.1. The quantitative estimate of drug-likeness (QED) is 0.203. The van der Waals surface area contributed by atoms with Crippen molar-refractivity contribution in [1.82, 2.24) is 0 Å². The van der Waals surface area contributed by atoms with Gasteiger partial charge >= 0.3 is 0 Å². The maximum absolute atomic E-state index is 13.8. The number of carbonyl (C=O) groups excluding carboxylic acids is 3. The number of methoxy groups -OCH3 is 1. The summed E-state index contributed by atoms with van der Waals surface area (Å²) in [6.07, 6.45) is -4.56. The average molecular weight is 587 g/mol. The van der Waals surface area contributed by atoms with Crippen LogP contribution < -0.4 is 4.74 Å². The van der Waals surface area contributed by atoms with Gasteiger partial charge in [-0.1, -0.05) is 12.1 Å². The highest BCUT2D eigenvalue weighted by Crippen LogP contribution is 2.52. The molecular formula is C30H36NO11+. The largest absolute Gasteiger partial charge is 0.507 e. The number of aliphatic hydroxyl groups excluding tert-OH is 2. The Hall–Kier alpha value is -3.39. The number of phenolic OH excluding ortho intramolecular Hbond substituents is 2. The van der Waals surface area contributed by atoms with E-state index in [-0.39, 0.29) is 40.5 Å². The molecule has 12 nitrogen and oxygen atoms in total. The lowest BCUT2D eigenvalue weighted by atomic mass is 9.72. The summed E-state index contributed by atoms with van der Waals surface area (Å²) in [6, 6.07) is 4.08. The molecule has 2 aromatic carbocycles. The van der Waals surface area contributed by atoms with Crippen molar-refractivity contribution in [3.63, 3.8) is 0 Å². The highest BCUT2D eigenvalue weighted by atomic mass is 16.7. The molecule has 0 spiro atoms. The fraction of sp³-hybridized carbons (Fsp3) is 0.500. The summed E-state index contributed by atoms with van der Waals surface area (Å²) in [5.41, 5.74) is -3.49. The van der Waals surface area contributed by atoms with E-state index in [1.54, 1.807) is 6.92 Å². The first-order valence-corrected chi connectivity index (χ1v) is 13.7. The molecular weight excluding hydrogens is 550 g/mol. The fourth-order valence-corrected chi connectivity index (χ4v) is 6.46. The summed E-state index contributed by atoms with van der Waals surface area (Å²) in [5, 5.41) is 54.9. The number of rotatable bonds is 6. The van der Waals surface area contributed by atoms with Crippen LogP contribution in [0.5, 0.6) is 17.2 Å². The highest BCUT2D eigenvalue weighted by molar-refractivity contribution is 6.31. The zero-order valence-electron chi connectivity index (χ0n) is 24.1. The molecule has 0 amide bonds. The number of hydrogen-bond acceptors (Lipinski definition) is 11. The van der Waals surface area contributed by atoms with E-state index in [0.29, 0.717) is 4.48 Å². The van der Waals surface area contributed by atoms with Crippen LogP contribution in [0.4, 0.5) is 0 Å². The van der Waals surface area contributed by atoms with Gasteiger partial charge < -0.3 is 44.2 Å². The second-order valence-corrected chi connectivity index (χ2v) is 12.2. The van der Waals surface area contributed by atoms with Gasteiger partial charge in [-0.2, -0.15) is 0 Å². The van der Waals surface area contributed by atoms with Crippen LogP contribution in [0.15, 0.2) is 18.2 Å². The zero-order chi connectivity index (χ0) is 30.9. The minimum Gasteiger partial charge on any atom is -0.507 e. The maximum atomic E-state index is 13.8. The Morgan fingerprint density at radius 2 is 1.76 bits per heavy atom. The van der Waals surface area contributed by atoms with Gasteiger partial charge in [0.25, 0.3) is 0 Å². The number of carbonyl (C=O) groups is 3. The molecule has 3 aliphatic rings. The lowest BCUT2D eigenvalue weighted by molar-refractivity contribution is -0.903. The standard InChI is InChI=1S/C30H35NO11/c1-13-25(34)16(31(2,3)4)9-20(41-13)42-18-11-30(39,19(33)12-32)10-15-22(18)29(38)24-23(27(15)36)26(35)14-7-6-8-17(40-5)21(14)28(24)37/h6-8,13,16,18,20,25,32,34,39H,9-12H2,1-5H3,(H-,35,36,37,38)/p+1/t13?,16?,18-,20?,25?,30-/m0/s1. The zero-order valence-corrected chi connectivity index (χ0v) is 24.1. The van der Waals surface area contributed by atoms with E-state index in [9.17, 15) is 39.9 Å². The summed E-state index contributed by atoms with van der Waals surface area (Å²) in [5.74, 6) is -3.66. The molecule has 5 N–H and O–H groups in total. The lowest BCUT2D eigenvalue weighted by Crippen LogP contribution is -2.60. The van der Waals surface area contributed by atoms with Crippen molar-refractivity contribution in [2.24, 2.45) is 0 Å². The summed E-state index contributed by atoms with van der Waals surface area (Å²) in [4.78, 5) is 40.1. The molecule has 2 aliphatic carbocycles. The molecule has 4 unspecified atom stereocenters. The summed E-state index contributed by atoms with van der Waals surface area (Å²) < 4.78 is 17.9. The van der Waals surface area contributed by atoms with Crippen molar-refractivity contribution < 1.29 is 58.6 Å². The van der Waals surface area contributed by atoms with E-state index in [2.05, 4.69) is 0 Å². The number of aliphatic hydroxyl groups is 3. The van der Waals surface area contributed by atoms with Gasteiger partial charge in [-0.05, 0) is 13.0 Å². The van der Waals surface area contributed by atoms with Gasteiger partial charge in [0.2, 0.25) is 5.78 Å². The fourth-order valence-electron chi connectivity index (χ4n) is 6.46. The molecule has 2 aromatic rings. The van der Waals surface area contributed by atoms with Gasteiger partial charge in [-0.25, -0.2) is 0 Å². The average Bonchev–Trinajstić information content (AvgIpc) is 2.93. The van der Waals surface area contributed by atoms with Crippen LogP contribution in [0.3, 0.4) is 0 Å². The third-order valence-electron chi connectivity index (χ3n) is 8.73. The molecule has 0 bridgehead atoms. The topological polar surface area (TPSA) is 180 Å². The lowest BCUT2D eigenvalue weighted by Gasteiger charge is -2.46. The number of phenols is 2. The molecule has 1 heterocycles. The second kappa shape index (κ2) is 10.4. The number of aromatic hydroxyl groups is 2. The number of nitrogens with zero attached hydrogens (tertiary/aromatic N) is 1. The third-order valence-corrected chi connectivity index (χ3v) is 8.73. The first-order chi connectivity index (χ1) is 19.6. The summed E-state index contributed by atoms with van der Waals surface area (Å²) in [7, 11) is 7.05. The molecule has 12 heteroatoms. The molecule has 1 aliphatic heterocycles. The minimum absolute atomic E-state index is 0.0405. The summed E-state index contributed by atoms with van der Waals surface area (Å²) >= 11 is 0. The number of quaternary nitrogens is 1. The molecule has 5 rings (SSSR count). The Morgan fingerprint density at radius 3 is 2.38 bits per heavy atom. The molecule has 226 valence electrons. The Morgan fingerprint density at radius 1 is 1.10 bits per heavy atom. The van der Waals surface area contributed by atoms with Gasteiger partial charge in [-0.15, -0.1) is 0 Å². The van der Waals surface area contributed by atoms with Gasteiger partial charge in [0.05, 0.1) is 63.6 Å². The van der Waals surface area contributed by atoms with Crippen molar-refractivity contribution in [2.45, 2.75) is 62.4 Å². The second-order valence-electron chi connectivity index (χ2n) is 12.2. The molecule has 0 aromatic heterocycles. The van der Waals surface area contributed by atoms with E-state index < -0.39 is 89.6 Å². The van der Waals surface area contributed by atoms with Gasteiger partial charge in [0.15, 0.2) is 17.9 Å². The van der Waals surface area contributed by atoms with Gasteiger partial charge in [-0.3, -0.25) is 14.4 Å².